The first-order valence-electron chi connectivity index (χ1n) is 8.70. The van der Waals surface area contributed by atoms with Crippen molar-refractivity contribution in [2.75, 3.05) is 24.5 Å². The molecule has 1 saturated heterocycles. The van der Waals surface area contributed by atoms with Gasteiger partial charge >= 0.3 is 0 Å². The Bertz CT molecular complexity index is 997. The van der Waals surface area contributed by atoms with Crippen LogP contribution in [0.15, 0.2) is 53.7 Å². The Balaban J connectivity index is 0.00000150. The minimum Gasteiger partial charge on any atom is -0.339 e. The molecular weight excluding hydrogens is 435 g/mol. The largest absolute Gasteiger partial charge is 0.339 e. The van der Waals surface area contributed by atoms with Crippen LogP contribution in [-0.2, 0) is 7.05 Å². The molecule has 0 radical (unpaired) electrons. The summed E-state index contributed by atoms with van der Waals surface area (Å²) in [5.41, 5.74) is 2.22. The Kier molecular flexibility index (Phi) is 7.98. The highest BCUT2D eigenvalue weighted by Crippen LogP contribution is 2.23. The Morgan fingerprint density at radius 2 is 1.90 bits per heavy atom. The summed E-state index contributed by atoms with van der Waals surface area (Å²) in [5.74, 6) is 0.636. The molecule has 0 bridgehead atoms. The smallest absolute Gasteiger partial charge is 0.255 e. The molecule has 1 N–H and O–H groups in total. The van der Waals surface area contributed by atoms with Gasteiger partial charge in [-0.3, -0.25) is 9.36 Å². The van der Waals surface area contributed by atoms with E-state index >= 15 is 0 Å². The van der Waals surface area contributed by atoms with Gasteiger partial charge in [-0.25, -0.2) is 15.0 Å². The van der Waals surface area contributed by atoms with Crippen molar-refractivity contribution < 1.29 is 0 Å². The van der Waals surface area contributed by atoms with Crippen molar-refractivity contribution >= 4 is 42.4 Å². The van der Waals surface area contributed by atoms with Crippen LogP contribution in [0, 0.1) is 0 Å². The lowest BCUT2D eigenvalue weighted by molar-refractivity contribution is 0.462. The van der Waals surface area contributed by atoms with Gasteiger partial charge in [0.2, 0.25) is 5.95 Å². The number of hydrogen-bond acceptors (Lipinski definition) is 6. The highest BCUT2D eigenvalue weighted by Gasteiger charge is 2.24. The second kappa shape index (κ2) is 10.0. The van der Waals surface area contributed by atoms with Crippen molar-refractivity contribution in [3.63, 3.8) is 0 Å². The molecule has 29 heavy (non-hydrogen) atoms. The number of rotatable bonds is 3. The highest BCUT2D eigenvalue weighted by atomic mass is 35.5. The third-order valence-electron chi connectivity index (χ3n) is 4.69. The number of anilines is 1. The van der Waals surface area contributed by atoms with E-state index in [2.05, 4.69) is 20.2 Å². The van der Waals surface area contributed by atoms with E-state index in [-0.39, 0.29) is 36.4 Å². The summed E-state index contributed by atoms with van der Waals surface area (Å²) in [6.45, 7) is 2.26. The molecule has 0 unspecified atom stereocenters. The summed E-state index contributed by atoms with van der Waals surface area (Å²) in [4.78, 5) is 27.5. The summed E-state index contributed by atoms with van der Waals surface area (Å²) >= 11 is 6.00. The second-order valence-electron chi connectivity index (χ2n) is 6.44. The maximum absolute atomic E-state index is 12.5. The molecular formula is C19H21Cl3N6O. The third-order valence-corrected chi connectivity index (χ3v) is 4.94. The SMILES string of the molecule is Cl.Cl.Cn1c(N2CCN[C@@H](c3ccc(Cl)cc3)C2)nc(-c2ccncn2)cc1=O. The molecule has 0 amide bonds. The molecule has 4 rings (SSSR count). The van der Waals surface area contributed by atoms with Crippen LogP contribution in [0.3, 0.4) is 0 Å². The lowest BCUT2D eigenvalue weighted by Crippen LogP contribution is -2.47. The lowest BCUT2D eigenvalue weighted by Gasteiger charge is -2.35. The standard InChI is InChI=1S/C19H19ClN6O.2ClH/c1-25-18(27)10-16(15-6-7-21-12-23-15)24-19(25)26-9-8-22-17(11-26)13-2-4-14(20)5-3-13;;/h2-7,10,12,17,22H,8-9,11H2,1H3;2*1H/t17-;;/m1../s1. The fraction of sp³-hybridized carbons (Fsp3) is 0.263. The summed E-state index contributed by atoms with van der Waals surface area (Å²) in [6, 6.07) is 11.2. The average Bonchev–Trinajstić information content (AvgIpc) is 2.71. The molecule has 1 aliphatic heterocycles. The van der Waals surface area contributed by atoms with E-state index in [4.69, 9.17) is 16.6 Å². The van der Waals surface area contributed by atoms with E-state index < -0.39 is 0 Å². The Morgan fingerprint density at radius 3 is 2.59 bits per heavy atom. The van der Waals surface area contributed by atoms with E-state index in [0.29, 0.717) is 28.9 Å². The van der Waals surface area contributed by atoms with Crippen LogP contribution in [0.4, 0.5) is 5.95 Å². The number of nitrogens with one attached hydrogen (secondary N) is 1. The van der Waals surface area contributed by atoms with Gasteiger partial charge in [0.05, 0.1) is 11.4 Å². The van der Waals surface area contributed by atoms with Crippen molar-refractivity contribution in [3.05, 3.63) is 69.9 Å². The molecule has 1 atom stereocenters. The molecule has 3 aromatic rings. The number of benzene rings is 1. The highest BCUT2D eigenvalue weighted by molar-refractivity contribution is 6.30. The maximum Gasteiger partial charge on any atom is 0.255 e. The Labute approximate surface area is 186 Å². The van der Waals surface area contributed by atoms with Crippen LogP contribution in [-0.4, -0.2) is 39.2 Å². The van der Waals surface area contributed by atoms with Crippen LogP contribution in [0.25, 0.3) is 11.4 Å². The normalized spacial score (nSPS) is 15.9. The van der Waals surface area contributed by atoms with E-state index in [1.54, 1.807) is 23.9 Å². The Hall–Kier alpha value is -2.19. The predicted octanol–water partition coefficient (Wildman–Crippen LogP) is 2.89. The molecule has 2 aromatic heterocycles. The molecule has 1 fully saturated rings. The van der Waals surface area contributed by atoms with E-state index in [9.17, 15) is 4.79 Å². The van der Waals surface area contributed by atoms with E-state index in [1.807, 2.05) is 24.3 Å². The molecule has 0 saturated carbocycles. The molecule has 154 valence electrons. The van der Waals surface area contributed by atoms with E-state index in [0.717, 1.165) is 18.7 Å². The van der Waals surface area contributed by atoms with Gasteiger partial charge in [-0.2, -0.15) is 0 Å². The zero-order valence-electron chi connectivity index (χ0n) is 15.7. The first-order chi connectivity index (χ1) is 13.1. The fourth-order valence-corrected chi connectivity index (χ4v) is 3.36. The first kappa shape index (κ1) is 23.1. The minimum atomic E-state index is -0.116. The maximum atomic E-state index is 12.5. The van der Waals surface area contributed by atoms with Crippen LogP contribution in [0.1, 0.15) is 11.6 Å². The minimum absolute atomic E-state index is 0. The predicted molar refractivity (Wildman–Crippen MR) is 119 cm³/mol. The van der Waals surface area contributed by atoms with Crippen LogP contribution in [0.5, 0.6) is 0 Å². The quantitative estimate of drug-likeness (QED) is 0.654. The number of nitrogens with zero attached hydrogens (tertiary/aromatic N) is 5. The molecule has 10 heteroatoms. The number of piperazine rings is 1. The summed E-state index contributed by atoms with van der Waals surface area (Å²) in [7, 11) is 1.74. The van der Waals surface area contributed by atoms with Crippen molar-refractivity contribution in [2.24, 2.45) is 7.05 Å². The molecule has 7 nitrogen and oxygen atoms in total. The Morgan fingerprint density at radius 1 is 1.14 bits per heavy atom. The number of halogens is 3. The van der Waals surface area contributed by atoms with Crippen molar-refractivity contribution in [1.82, 2.24) is 24.8 Å². The monoisotopic (exact) mass is 454 g/mol. The summed E-state index contributed by atoms with van der Waals surface area (Å²) < 4.78 is 1.58. The molecule has 1 aliphatic rings. The van der Waals surface area contributed by atoms with Gasteiger partial charge in [0, 0.05) is 50.0 Å². The summed E-state index contributed by atoms with van der Waals surface area (Å²) in [6.07, 6.45) is 3.10. The third kappa shape index (κ3) is 5.05. The van der Waals surface area contributed by atoms with Crippen molar-refractivity contribution in [2.45, 2.75) is 6.04 Å². The van der Waals surface area contributed by atoms with Gasteiger partial charge in [-0.05, 0) is 23.8 Å². The summed E-state index contributed by atoms with van der Waals surface area (Å²) in [5, 5.41) is 4.23. The number of aromatic nitrogens is 4. The molecule has 1 aromatic carbocycles. The van der Waals surface area contributed by atoms with Crippen LogP contribution < -0.4 is 15.8 Å². The van der Waals surface area contributed by atoms with Crippen molar-refractivity contribution in [1.29, 1.82) is 0 Å². The zero-order valence-corrected chi connectivity index (χ0v) is 18.0. The van der Waals surface area contributed by atoms with Crippen molar-refractivity contribution in [3.8, 4) is 11.4 Å². The van der Waals surface area contributed by atoms with Gasteiger partial charge in [-0.1, -0.05) is 23.7 Å². The molecule has 0 spiro atoms. The average molecular weight is 456 g/mol. The fourth-order valence-electron chi connectivity index (χ4n) is 3.23. The molecule has 3 heterocycles. The zero-order chi connectivity index (χ0) is 18.8. The van der Waals surface area contributed by atoms with Gasteiger partial charge in [-0.15, -0.1) is 24.8 Å². The number of hydrogen-bond donors (Lipinski definition) is 1. The van der Waals surface area contributed by atoms with Gasteiger partial charge in [0.1, 0.15) is 6.33 Å². The first-order valence-corrected chi connectivity index (χ1v) is 9.08. The van der Waals surface area contributed by atoms with Crippen LogP contribution in [0.2, 0.25) is 5.02 Å². The van der Waals surface area contributed by atoms with Gasteiger partial charge in [0.15, 0.2) is 0 Å². The topological polar surface area (TPSA) is 75.9 Å². The lowest BCUT2D eigenvalue weighted by atomic mass is 10.0. The van der Waals surface area contributed by atoms with E-state index in [1.165, 1.54) is 12.4 Å². The van der Waals surface area contributed by atoms with Crippen LogP contribution >= 0.6 is 36.4 Å². The van der Waals surface area contributed by atoms with Gasteiger partial charge in [0.25, 0.3) is 5.56 Å². The second-order valence-corrected chi connectivity index (χ2v) is 6.87. The molecule has 0 aliphatic carbocycles. The van der Waals surface area contributed by atoms with Gasteiger partial charge < -0.3 is 10.2 Å².